The third-order valence-corrected chi connectivity index (χ3v) is 5.57. The van der Waals surface area contributed by atoms with Gasteiger partial charge in [-0.15, -0.1) is 0 Å². The summed E-state index contributed by atoms with van der Waals surface area (Å²) in [6.45, 7) is 0. The van der Waals surface area contributed by atoms with Gasteiger partial charge >= 0.3 is 0 Å². The molecule has 2 aliphatic rings. The third-order valence-electron chi connectivity index (χ3n) is 5.57. The Kier molecular flexibility index (Phi) is 4.69. The van der Waals surface area contributed by atoms with Crippen molar-refractivity contribution in [2.75, 3.05) is 19.5 Å². The molecule has 31 heavy (non-hydrogen) atoms. The van der Waals surface area contributed by atoms with E-state index in [0.717, 1.165) is 25.7 Å². The van der Waals surface area contributed by atoms with Gasteiger partial charge in [-0.05, 0) is 43.2 Å². The predicted octanol–water partition coefficient (Wildman–Crippen LogP) is 4.65. The van der Waals surface area contributed by atoms with Crippen LogP contribution < -0.4 is 24.3 Å². The minimum absolute atomic E-state index is 0.143. The molecule has 5 rings (SSSR count). The molecule has 8 heteroatoms. The number of nitrogens with zero attached hydrogens (tertiary/aromatic N) is 1. The van der Waals surface area contributed by atoms with Crippen LogP contribution in [0.3, 0.4) is 0 Å². The van der Waals surface area contributed by atoms with Crippen molar-refractivity contribution >= 4 is 11.6 Å². The third kappa shape index (κ3) is 3.54. The van der Waals surface area contributed by atoms with Gasteiger partial charge in [0.05, 0.1) is 19.8 Å². The minimum atomic E-state index is -0.540. The number of amides is 1. The van der Waals surface area contributed by atoms with Gasteiger partial charge in [0, 0.05) is 30.7 Å². The number of nitrogens with one attached hydrogen (secondary N) is 1. The van der Waals surface area contributed by atoms with E-state index in [1.54, 1.807) is 50.6 Å². The van der Waals surface area contributed by atoms with Crippen LogP contribution in [-0.4, -0.2) is 31.1 Å². The molecule has 1 N–H and O–H groups in total. The van der Waals surface area contributed by atoms with Crippen LogP contribution in [0.2, 0.25) is 0 Å². The molecule has 0 radical (unpaired) electrons. The van der Waals surface area contributed by atoms with Gasteiger partial charge in [-0.1, -0.05) is 5.16 Å². The molecule has 2 heterocycles. The first kappa shape index (κ1) is 19.3. The molecule has 160 valence electrons. The zero-order chi connectivity index (χ0) is 21.4. The number of methoxy groups -OCH3 is 2. The van der Waals surface area contributed by atoms with Crippen LogP contribution in [-0.2, 0) is 0 Å². The fourth-order valence-corrected chi connectivity index (χ4v) is 4.00. The first-order chi connectivity index (χ1) is 15.1. The summed E-state index contributed by atoms with van der Waals surface area (Å²) in [7, 11) is 3.13. The molecule has 1 saturated carbocycles. The van der Waals surface area contributed by atoms with Gasteiger partial charge in [0.15, 0.2) is 23.0 Å². The summed E-state index contributed by atoms with van der Waals surface area (Å²) < 4.78 is 28.1. The highest BCUT2D eigenvalue weighted by molar-refractivity contribution is 6.03. The summed E-state index contributed by atoms with van der Waals surface area (Å²) in [4.78, 5) is 12.7. The highest BCUT2D eigenvalue weighted by Gasteiger charge is 2.44. The maximum Gasteiger partial charge on any atom is 0.277 e. The van der Waals surface area contributed by atoms with Crippen molar-refractivity contribution in [3.05, 3.63) is 48.2 Å². The van der Waals surface area contributed by atoms with Gasteiger partial charge in [0.1, 0.15) is 11.5 Å². The second-order valence-corrected chi connectivity index (χ2v) is 7.58. The topological polar surface area (TPSA) is 92.1 Å². The molecule has 2 aromatic carbocycles. The second kappa shape index (κ2) is 7.54. The Balaban J connectivity index is 1.34. The van der Waals surface area contributed by atoms with Crippen LogP contribution in [0, 0.1) is 0 Å². The zero-order valence-electron chi connectivity index (χ0n) is 17.3. The van der Waals surface area contributed by atoms with Gasteiger partial charge in [-0.25, -0.2) is 0 Å². The molecule has 1 aliphatic heterocycles. The molecule has 1 aliphatic carbocycles. The average molecular weight is 422 g/mol. The SMILES string of the molecule is COc1ccc(OC)c(-c2cc(C(=O)Nc3ccc4c(c3)OC3(CCCC3)O4)no2)c1. The molecule has 0 bridgehead atoms. The lowest BCUT2D eigenvalue weighted by Gasteiger charge is -2.21. The van der Waals surface area contributed by atoms with E-state index in [4.69, 9.17) is 23.5 Å². The monoisotopic (exact) mass is 422 g/mol. The lowest BCUT2D eigenvalue weighted by atomic mass is 10.1. The summed E-state index contributed by atoms with van der Waals surface area (Å²) >= 11 is 0. The van der Waals surface area contributed by atoms with Crippen LogP contribution in [0.1, 0.15) is 36.2 Å². The number of fused-ring (bicyclic) bond motifs is 1. The van der Waals surface area contributed by atoms with Crippen molar-refractivity contribution in [1.82, 2.24) is 5.16 Å². The molecular weight excluding hydrogens is 400 g/mol. The van der Waals surface area contributed by atoms with Crippen molar-refractivity contribution in [3.8, 4) is 34.3 Å². The van der Waals surface area contributed by atoms with Crippen LogP contribution in [0.25, 0.3) is 11.3 Å². The Morgan fingerprint density at radius 1 is 1.00 bits per heavy atom. The van der Waals surface area contributed by atoms with E-state index < -0.39 is 11.7 Å². The van der Waals surface area contributed by atoms with E-state index in [-0.39, 0.29) is 5.69 Å². The van der Waals surface area contributed by atoms with E-state index in [1.807, 2.05) is 6.07 Å². The van der Waals surface area contributed by atoms with Crippen molar-refractivity contribution in [3.63, 3.8) is 0 Å². The Bertz CT molecular complexity index is 1130. The van der Waals surface area contributed by atoms with Crippen LogP contribution in [0.4, 0.5) is 5.69 Å². The fourth-order valence-electron chi connectivity index (χ4n) is 4.00. The number of hydrogen-bond donors (Lipinski definition) is 1. The molecule has 1 amide bonds. The maximum absolute atomic E-state index is 12.7. The first-order valence-corrected chi connectivity index (χ1v) is 10.1. The molecule has 8 nitrogen and oxygen atoms in total. The largest absolute Gasteiger partial charge is 0.497 e. The molecule has 0 atom stereocenters. The van der Waals surface area contributed by atoms with Gasteiger partial charge < -0.3 is 28.8 Å². The number of hydrogen-bond acceptors (Lipinski definition) is 7. The number of rotatable bonds is 5. The summed E-state index contributed by atoms with van der Waals surface area (Å²) in [5.41, 5.74) is 1.37. The molecular formula is C23H22N2O6. The quantitative estimate of drug-likeness (QED) is 0.640. The van der Waals surface area contributed by atoms with Gasteiger partial charge in [0.25, 0.3) is 11.7 Å². The Morgan fingerprint density at radius 3 is 2.58 bits per heavy atom. The number of anilines is 1. The first-order valence-electron chi connectivity index (χ1n) is 10.1. The molecule has 1 spiro atoms. The van der Waals surface area contributed by atoms with Crippen molar-refractivity contribution < 1.29 is 28.3 Å². The number of carbonyl (C=O) groups excluding carboxylic acids is 1. The smallest absolute Gasteiger partial charge is 0.277 e. The molecule has 1 aromatic heterocycles. The summed E-state index contributed by atoms with van der Waals surface area (Å²) in [5.74, 6) is 2.03. The molecule has 0 unspecified atom stereocenters. The molecule has 1 fully saturated rings. The maximum atomic E-state index is 12.7. The van der Waals surface area contributed by atoms with E-state index in [1.165, 1.54) is 0 Å². The highest BCUT2D eigenvalue weighted by atomic mass is 16.7. The fraction of sp³-hybridized carbons (Fsp3) is 0.304. The van der Waals surface area contributed by atoms with Crippen molar-refractivity contribution in [2.45, 2.75) is 31.5 Å². The van der Waals surface area contributed by atoms with E-state index in [2.05, 4.69) is 10.5 Å². The standard InChI is InChI=1S/C23H22N2O6/c1-27-15-6-8-18(28-2)16(12-15)20-13-17(25-31-20)22(26)24-14-5-7-19-21(11-14)30-23(29-19)9-3-4-10-23/h5-8,11-13H,3-4,9-10H2,1-2H3,(H,24,26). The van der Waals surface area contributed by atoms with Gasteiger partial charge in [0.2, 0.25) is 0 Å². The minimum Gasteiger partial charge on any atom is -0.497 e. The Hall–Kier alpha value is -3.68. The van der Waals surface area contributed by atoms with E-state index in [0.29, 0.717) is 40.0 Å². The normalized spacial score (nSPS) is 15.8. The van der Waals surface area contributed by atoms with Gasteiger partial charge in [-0.3, -0.25) is 4.79 Å². The zero-order valence-corrected chi connectivity index (χ0v) is 17.3. The molecule has 3 aromatic rings. The van der Waals surface area contributed by atoms with Crippen LogP contribution in [0.5, 0.6) is 23.0 Å². The lowest BCUT2D eigenvalue weighted by Crippen LogP contribution is -2.34. The summed E-state index contributed by atoms with van der Waals surface area (Å²) in [6.07, 6.45) is 3.92. The van der Waals surface area contributed by atoms with Crippen molar-refractivity contribution in [1.29, 1.82) is 0 Å². The van der Waals surface area contributed by atoms with Crippen molar-refractivity contribution in [2.24, 2.45) is 0 Å². The van der Waals surface area contributed by atoms with Crippen LogP contribution in [0.15, 0.2) is 47.0 Å². The Morgan fingerprint density at radius 2 is 1.81 bits per heavy atom. The number of ether oxygens (including phenoxy) is 4. The molecule has 0 saturated heterocycles. The number of carbonyl (C=O) groups is 1. The van der Waals surface area contributed by atoms with Gasteiger partial charge in [-0.2, -0.15) is 0 Å². The number of aromatic nitrogens is 1. The summed E-state index contributed by atoms with van der Waals surface area (Å²) in [5, 5.41) is 6.74. The number of benzene rings is 2. The Labute approximate surface area is 179 Å². The highest BCUT2D eigenvalue weighted by Crippen LogP contribution is 2.47. The van der Waals surface area contributed by atoms with Crippen LogP contribution >= 0.6 is 0 Å². The average Bonchev–Trinajstić information content (AvgIpc) is 3.53. The van der Waals surface area contributed by atoms with E-state index in [9.17, 15) is 4.79 Å². The summed E-state index contributed by atoms with van der Waals surface area (Å²) in [6, 6.07) is 12.2. The predicted molar refractivity (Wildman–Crippen MR) is 112 cm³/mol. The second-order valence-electron chi connectivity index (χ2n) is 7.58. The lowest BCUT2D eigenvalue weighted by molar-refractivity contribution is -0.0716. The van der Waals surface area contributed by atoms with E-state index >= 15 is 0 Å².